The monoisotopic (exact) mass is 350 g/mol. The average molecular weight is 350 g/mol. The number of methoxy groups -OCH3 is 1. The fourth-order valence-corrected chi connectivity index (χ4v) is 2.57. The molecule has 0 amide bonds. The molecule has 130 valence electrons. The number of fused-ring (bicyclic) bond motifs is 1. The molecule has 3 rings (SSSR count). The molecule has 0 aromatic carbocycles. The Labute approximate surface area is 141 Å². The number of halogens is 3. The summed E-state index contributed by atoms with van der Waals surface area (Å²) >= 11 is 0. The number of rotatable bonds is 5. The highest BCUT2D eigenvalue weighted by atomic mass is 19.4. The Morgan fingerprint density at radius 3 is 2.68 bits per heavy atom. The maximum Gasteiger partial charge on any atom is 0.389 e. The number of aromatic nitrogens is 2. The molecule has 5 nitrogen and oxygen atoms in total. The summed E-state index contributed by atoms with van der Waals surface area (Å²) in [6, 6.07) is 4.92. The molecule has 0 saturated carbocycles. The second-order valence-corrected chi connectivity index (χ2v) is 5.59. The minimum absolute atomic E-state index is 0.0317. The van der Waals surface area contributed by atoms with Gasteiger partial charge in [0.25, 0.3) is 0 Å². The molecular formula is C17H15F3N3O2+. The van der Waals surface area contributed by atoms with Gasteiger partial charge in [-0.2, -0.15) is 17.7 Å². The molecule has 2 aromatic heterocycles. The lowest BCUT2D eigenvalue weighted by atomic mass is 10.1. The molecule has 0 bridgehead atoms. The number of hydrogen-bond acceptors (Lipinski definition) is 4. The molecule has 1 aliphatic rings. The number of ether oxygens (including phenoxy) is 1. The molecule has 0 aliphatic carbocycles. The molecule has 0 radical (unpaired) electrons. The van der Waals surface area contributed by atoms with Gasteiger partial charge in [0.1, 0.15) is 18.0 Å². The van der Waals surface area contributed by atoms with Gasteiger partial charge in [-0.25, -0.2) is 9.78 Å². The molecule has 0 N–H and O–H groups in total. The van der Waals surface area contributed by atoms with Gasteiger partial charge in [0.15, 0.2) is 6.20 Å². The third-order valence-electron chi connectivity index (χ3n) is 3.82. The van der Waals surface area contributed by atoms with Crippen molar-refractivity contribution in [3.8, 4) is 11.4 Å². The summed E-state index contributed by atoms with van der Waals surface area (Å²) in [4.78, 5) is 20.1. The third kappa shape index (κ3) is 3.84. The van der Waals surface area contributed by atoms with Crippen LogP contribution in [0.15, 0.2) is 30.6 Å². The van der Waals surface area contributed by atoms with Gasteiger partial charge in [-0.05, 0) is 18.2 Å². The smallest absolute Gasteiger partial charge is 0.389 e. The lowest BCUT2D eigenvalue weighted by Gasteiger charge is -2.08. The van der Waals surface area contributed by atoms with E-state index >= 15 is 0 Å². The lowest BCUT2D eigenvalue weighted by Crippen LogP contribution is -2.47. The predicted octanol–water partition coefficient (Wildman–Crippen LogP) is 1.52. The Morgan fingerprint density at radius 1 is 1.24 bits per heavy atom. The molecule has 0 spiro atoms. The van der Waals surface area contributed by atoms with Crippen LogP contribution in [0, 0.1) is 0 Å². The van der Waals surface area contributed by atoms with Crippen LogP contribution in [0.25, 0.3) is 17.6 Å². The summed E-state index contributed by atoms with van der Waals surface area (Å²) in [5.41, 5.74) is 1.47. The molecule has 8 heteroatoms. The van der Waals surface area contributed by atoms with Gasteiger partial charge in [0.05, 0.1) is 24.1 Å². The van der Waals surface area contributed by atoms with E-state index in [9.17, 15) is 18.0 Å². The van der Waals surface area contributed by atoms with E-state index in [-0.39, 0.29) is 6.42 Å². The number of esters is 1. The largest absolute Gasteiger partial charge is 0.465 e. The zero-order valence-electron chi connectivity index (χ0n) is 13.4. The van der Waals surface area contributed by atoms with E-state index in [0.717, 1.165) is 10.6 Å². The summed E-state index contributed by atoms with van der Waals surface area (Å²) in [6.45, 7) is 0.295. The summed E-state index contributed by atoms with van der Waals surface area (Å²) in [7, 11) is 1.30. The van der Waals surface area contributed by atoms with Gasteiger partial charge in [0, 0.05) is 19.0 Å². The SMILES string of the molecule is COC(=O)c1ccnc(-c2cc3c(cn2)=[N+](CCCC(F)(F)F)C=3)c1. The summed E-state index contributed by atoms with van der Waals surface area (Å²) in [6.07, 6.45) is -0.0277. The number of carbonyl (C=O) groups excluding carboxylic acids is 1. The Bertz CT molecular complexity index is 939. The highest BCUT2D eigenvalue weighted by Crippen LogP contribution is 2.21. The van der Waals surface area contributed by atoms with E-state index in [1.807, 2.05) is 0 Å². The van der Waals surface area contributed by atoms with Crippen LogP contribution >= 0.6 is 0 Å². The van der Waals surface area contributed by atoms with Crippen molar-refractivity contribution in [1.82, 2.24) is 14.5 Å². The molecule has 1 aliphatic heterocycles. The number of nitrogens with zero attached hydrogens (tertiary/aromatic N) is 3. The van der Waals surface area contributed by atoms with Crippen molar-refractivity contribution in [2.45, 2.75) is 19.0 Å². The van der Waals surface area contributed by atoms with Gasteiger partial charge >= 0.3 is 12.1 Å². The van der Waals surface area contributed by atoms with E-state index in [2.05, 4.69) is 14.7 Å². The fourth-order valence-electron chi connectivity index (χ4n) is 2.57. The molecule has 2 aromatic rings. The van der Waals surface area contributed by atoms with E-state index in [1.54, 1.807) is 35.2 Å². The molecule has 0 atom stereocenters. The lowest BCUT2D eigenvalue weighted by molar-refractivity contribution is -0.135. The fraction of sp³-hybridized carbons (Fsp3) is 0.294. The number of hydrogen-bond donors (Lipinski definition) is 0. The molecule has 0 fully saturated rings. The first-order chi connectivity index (χ1) is 11.9. The van der Waals surface area contributed by atoms with Crippen LogP contribution in [-0.2, 0) is 4.74 Å². The summed E-state index contributed by atoms with van der Waals surface area (Å²) in [5.74, 6) is -0.463. The van der Waals surface area contributed by atoms with Crippen molar-refractivity contribution >= 4 is 12.2 Å². The molecule has 25 heavy (non-hydrogen) atoms. The predicted molar refractivity (Wildman–Crippen MR) is 83.9 cm³/mol. The van der Waals surface area contributed by atoms with E-state index in [4.69, 9.17) is 0 Å². The maximum absolute atomic E-state index is 12.2. The number of alkyl halides is 3. The van der Waals surface area contributed by atoms with Crippen LogP contribution in [0.4, 0.5) is 13.2 Å². The van der Waals surface area contributed by atoms with Gasteiger partial charge in [-0.1, -0.05) is 0 Å². The van der Waals surface area contributed by atoms with E-state index in [0.29, 0.717) is 23.5 Å². The van der Waals surface area contributed by atoms with Crippen molar-refractivity contribution in [1.29, 1.82) is 0 Å². The molecular weight excluding hydrogens is 335 g/mol. The standard InChI is InChI=1S/C17H15F3N3O2/c1-25-16(24)11-3-5-21-13(7-11)14-8-12-10-23(15(12)9-22-14)6-2-4-17(18,19)20/h3,5,7-10H,2,4,6H2,1H3/q+1. The Hall–Kier alpha value is -2.77. The number of carbonyl (C=O) groups is 1. The highest BCUT2D eigenvalue weighted by molar-refractivity contribution is 5.90. The molecule has 3 heterocycles. The normalized spacial score (nSPS) is 12.9. The van der Waals surface area contributed by atoms with Crippen molar-refractivity contribution in [3.05, 3.63) is 46.7 Å². The topological polar surface area (TPSA) is 55.1 Å². The van der Waals surface area contributed by atoms with Gasteiger partial charge < -0.3 is 4.74 Å². The summed E-state index contributed by atoms with van der Waals surface area (Å²) in [5, 5.41) is 1.66. The van der Waals surface area contributed by atoms with Crippen LogP contribution in [0.1, 0.15) is 23.2 Å². The van der Waals surface area contributed by atoms with Gasteiger partial charge in [0.2, 0.25) is 5.36 Å². The Balaban J connectivity index is 1.79. The second-order valence-electron chi connectivity index (χ2n) is 5.59. The third-order valence-corrected chi connectivity index (χ3v) is 3.82. The molecule has 0 unspecified atom stereocenters. The minimum atomic E-state index is -4.13. The highest BCUT2D eigenvalue weighted by Gasteiger charge is 2.27. The first-order valence-corrected chi connectivity index (χ1v) is 7.60. The number of pyridine rings is 2. The van der Waals surface area contributed by atoms with Crippen LogP contribution < -0.4 is 15.2 Å². The van der Waals surface area contributed by atoms with Crippen LogP contribution in [0.5, 0.6) is 0 Å². The van der Waals surface area contributed by atoms with Crippen LogP contribution in [0.2, 0.25) is 0 Å². The van der Waals surface area contributed by atoms with Crippen molar-refractivity contribution < 1.29 is 22.7 Å². The van der Waals surface area contributed by atoms with Crippen molar-refractivity contribution in [3.63, 3.8) is 0 Å². The maximum atomic E-state index is 12.2. The van der Waals surface area contributed by atoms with Crippen molar-refractivity contribution in [2.75, 3.05) is 13.7 Å². The Kier molecular flexibility index (Phi) is 4.52. The quantitative estimate of drug-likeness (QED) is 0.606. The first kappa shape index (κ1) is 17.1. The molecule has 0 saturated heterocycles. The van der Waals surface area contributed by atoms with E-state index < -0.39 is 18.6 Å². The average Bonchev–Trinajstić information content (AvgIpc) is 2.57. The summed E-state index contributed by atoms with van der Waals surface area (Å²) < 4.78 is 43.0. The van der Waals surface area contributed by atoms with Crippen LogP contribution in [0.3, 0.4) is 0 Å². The minimum Gasteiger partial charge on any atom is -0.465 e. The Morgan fingerprint density at radius 2 is 2.00 bits per heavy atom. The van der Waals surface area contributed by atoms with E-state index in [1.165, 1.54) is 13.3 Å². The first-order valence-electron chi connectivity index (χ1n) is 7.60. The van der Waals surface area contributed by atoms with Gasteiger partial charge in [-0.3, -0.25) is 4.98 Å². The van der Waals surface area contributed by atoms with Crippen LogP contribution in [-0.4, -0.2) is 35.8 Å². The second kappa shape index (κ2) is 6.62. The van der Waals surface area contributed by atoms with Gasteiger partial charge in [-0.15, -0.1) is 0 Å². The van der Waals surface area contributed by atoms with Crippen molar-refractivity contribution in [2.24, 2.45) is 0 Å². The zero-order valence-corrected chi connectivity index (χ0v) is 13.4. The zero-order chi connectivity index (χ0) is 18.0.